The topological polar surface area (TPSA) is 93.6 Å². The van der Waals surface area contributed by atoms with Gasteiger partial charge in [-0.15, -0.1) is 11.6 Å². The summed E-state index contributed by atoms with van der Waals surface area (Å²) in [5.41, 5.74) is 3.52. The smallest absolute Gasteiger partial charge is 0.339 e. The van der Waals surface area contributed by atoms with Gasteiger partial charge in [0.1, 0.15) is 5.82 Å². The lowest BCUT2D eigenvalue weighted by molar-refractivity contribution is -0.122. The molecule has 4 aromatic rings. The molecule has 1 saturated heterocycles. The van der Waals surface area contributed by atoms with Crippen LogP contribution in [0.25, 0.3) is 22.2 Å². The number of pyridine rings is 1. The lowest BCUT2D eigenvalue weighted by atomic mass is 9.81. The summed E-state index contributed by atoms with van der Waals surface area (Å²) >= 11 is 5.96. The Bertz CT molecular complexity index is 1750. The highest BCUT2D eigenvalue weighted by Crippen LogP contribution is 2.40. The number of esters is 1. The molecule has 7 nitrogen and oxygen atoms in total. The van der Waals surface area contributed by atoms with E-state index in [9.17, 15) is 23.6 Å². The van der Waals surface area contributed by atoms with Crippen LogP contribution >= 0.6 is 11.6 Å². The Labute approximate surface area is 259 Å². The van der Waals surface area contributed by atoms with Gasteiger partial charge in [-0.2, -0.15) is 0 Å². The average Bonchev–Trinajstić information content (AvgIpc) is 3.30. The molecule has 0 spiro atoms. The summed E-state index contributed by atoms with van der Waals surface area (Å²) in [6.45, 7) is 1.88. The quantitative estimate of drug-likeness (QED) is 0.0915. The minimum atomic E-state index is -1.17. The Hall–Kier alpha value is -4.43. The van der Waals surface area contributed by atoms with E-state index in [1.165, 1.54) is 29.2 Å². The van der Waals surface area contributed by atoms with Crippen LogP contribution in [-0.2, 0) is 14.3 Å². The van der Waals surface area contributed by atoms with Crippen molar-refractivity contribution in [2.75, 3.05) is 10.8 Å². The summed E-state index contributed by atoms with van der Waals surface area (Å²) < 4.78 is 19.2. The van der Waals surface area contributed by atoms with Gasteiger partial charge in [0.15, 0.2) is 6.10 Å². The summed E-state index contributed by atoms with van der Waals surface area (Å²) in [7, 11) is 0. The number of hydrogen-bond donors (Lipinski definition) is 0. The van der Waals surface area contributed by atoms with Crippen LogP contribution in [0.15, 0.2) is 72.8 Å². The third-order valence-electron chi connectivity index (χ3n) is 8.57. The van der Waals surface area contributed by atoms with Crippen LogP contribution < -0.4 is 4.90 Å². The maximum absolute atomic E-state index is 13.7. The number of aryl methyl sites for hydroxylation is 1. The van der Waals surface area contributed by atoms with E-state index < -0.39 is 23.7 Å². The fourth-order valence-electron chi connectivity index (χ4n) is 6.24. The van der Waals surface area contributed by atoms with Gasteiger partial charge < -0.3 is 4.74 Å². The van der Waals surface area contributed by atoms with Crippen molar-refractivity contribution in [2.24, 2.45) is 11.8 Å². The summed E-state index contributed by atoms with van der Waals surface area (Å²) in [5, 5.41) is 0.560. The Morgan fingerprint density at radius 3 is 2.27 bits per heavy atom. The van der Waals surface area contributed by atoms with Crippen LogP contribution in [0.1, 0.15) is 58.4 Å². The number of imide groups is 1. The molecular formula is C35H30ClFN2O5. The van der Waals surface area contributed by atoms with Crippen molar-refractivity contribution in [3.8, 4) is 11.3 Å². The molecule has 3 atom stereocenters. The van der Waals surface area contributed by atoms with Gasteiger partial charge in [-0.1, -0.05) is 43.2 Å². The number of carbonyl (C=O) groups is 4. The van der Waals surface area contributed by atoms with Gasteiger partial charge in [0.2, 0.25) is 17.6 Å². The molecule has 3 aromatic carbocycles. The van der Waals surface area contributed by atoms with Crippen LogP contribution in [0, 0.1) is 24.6 Å². The number of ether oxygens (including phenoxy) is 1. The molecule has 2 amide bonds. The van der Waals surface area contributed by atoms with E-state index in [2.05, 4.69) is 0 Å². The molecule has 9 heteroatoms. The number of hydrogen-bond acceptors (Lipinski definition) is 6. The Morgan fingerprint density at radius 1 is 0.977 bits per heavy atom. The molecule has 1 aliphatic heterocycles. The van der Waals surface area contributed by atoms with Crippen LogP contribution in [0.5, 0.6) is 0 Å². The van der Waals surface area contributed by atoms with E-state index >= 15 is 0 Å². The molecule has 0 radical (unpaired) electrons. The number of carbonyl (C=O) groups excluding carboxylic acids is 4. The third-order valence-corrected chi connectivity index (χ3v) is 8.78. The van der Waals surface area contributed by atoms with Gasteiger partial charge in [-0.3, -0.25) is 19.3 Å². The number of ketones is 1. The van der Waals surface area contributed by atoms with Crippen molar-refractivity contribution in [1.29, 1.82) is 0 Å². The molecule has 44 heavy (non-hydrogen) atoms. The van der Waals surface area contributed by atoms with Gasteiger partial charge in [-0.05, 0) is 67.8 Å². The highest BCUT2D eigenvalue weighted by atomic mass is 35.5. The predicted octanol–water partition coefficient (Wildman–Crippen LogP) is 7.07. The molecule has 1 saturated carbocycles. The first-order valence-electron chi connectivity index (χ1n) is 14.7. The lowest BCUT2D eigenvalue weighted by Gasteiger charge is -2.19. The Morgan fingerprint density at radius 2 is 1.64 bits per heavy atom. The van der Waals surface area contributed by atoms with Crippen molar-refractivity contribution in [3.63, 3.8) is 0 Å². The number of para-hydroxylation sites is 1. The number of anilines is 1. The largest absolute Gasteiger partial charge is 0.450 e. The maximum Gasteiger partial charge on any atom is 0.339 e. The molecular weight excluding hydrogens is 583 g/mol. The van der Waals surface area contributed by atoms with E-state index in [-0.39, 0.29) is 47.1 Å². The fourth-order valence-corrected chi connectivity index (χ4v) is 6.44. The van der Waals surface area contributed by atoms with Crippen LogP contribution in [0.2, 0.25) is 0 Å². The molecule has 3 unspecified atom stereocenters. The Balaban J connectivity index is 1.32. The molecule has 2 aliphatic rings. The van der Waals surface area contributed by atoms with Crippen LogP contribution in [0.4, 0.5) is 10.1 Å². The summed E-state index contributed by atoms with van der Waals surface area (Å²) in [4.78, 5) is 59.1. The van der Waals surface area contributed by atoms with E-state index in [0.29, 0.717) is 27.8 Å². The number of fused-ring (bicyclic) bond motifs is 2. The van der Waals surface area contributed by atoms with Gasteiger partial charge in [-0.25, -0.2) is 14.2 Å². The lowest BCUT2D eigenvalue weighted by Crippen LogP contribution is -2.30. The first kappa shape index (κ1) is 29.6. The molecule has 6 rings (SSSR count). The first-order chi connectivity index (χ1) is 21.3. The summed E-state index contributed by atoms with van der Waals surface area (Å²) in [6.07, 6.45) is 2.31. The van der Waals surface area contributed by atoms with Crippen molar-refractivity contribution in [2.45, 2.75) is 45.1 Å². The number of rotatable bonds is 8. The van der Waals surface area contributed by atoms with Gasteiger partial charge in [0.05, 0.1) is 34.3 Å². The molecule has 1 aromatic heterocycles. The van der Waals surface area contributed by atoms with Crippen molar-refractivity contribution in [1.82, 2.24) is 4.98 Å². The van der Waals surface area contributed by atoms with Gasteiger partial charge in [0.25, 0.3) is 0 Å². The van der Waals surface area contributed by atoms with E-state index in [0.717, 1.165) is 31.2 Å². The number of halogens is 2. The van der Waals surface area contributed by atoms with Crippen LogP contribution in [0.3, 0.4) is 0 Å². The molecule has 2 heterocycles. The van der Waals surface area contributed by atoms with Crippen LogP contribution in [-0.4, -0.2) is 40.5 Å². The third kappa shape index (κ3) is 5.50. The average molecular weight is 613 g/mol. The standard InChI is InChI=1S/C35H30ClFN2O5/c1-20-5-4-8-25-28(35(43)44-30(17-18-36)32(40)22-9-13-23(37)14-10-22)19-29(38-31(20)25)21-11-15-24(16-12-21)39-33(41)26-6-2-3-7-27(26)34(39)42/h4-5,8-16,19,26-27,30H,2-3,6-7,17-18H2,1H3. The van der Waals surface area contributed by atoms with Gasteiger partial charge >= 0.3 is 5.97 Å². The van der Waals surface area contributed by atoms with E-state index in [4.69, 9.17) is 21.3 Å². The monoisotopic (exact) mass is 612 g/mol. The first-order valence-corrected chi connectivity index (χ1v) is 15.3. The number of alkyl halides is 1. The number of aromatic nitrogens is 1. The zero-order chi connectivity index (χ0) is 31.0. The molecule has 0 bridgehead atoms. The predicted molar refractivity (Wildman–Crippen MR) is 165 cm³/mol. The molecule has 2 fully saturated rings. The second-order valence-electron chi connectivity index (χ2n) is 11.3. The van der Waals surface area contributed by atoms with E-state index in [1.807, 2.05) is 19.1 Å². The summed E-state index contributed by atoms with van der Waals surface area (Å²) in [5.74, 6) is -2.38. The molecule has 0 N–H and O–H groups in total. The zero-order valence-electron chi connectivity index (χ0n) is 24.1. The van der Waals surface area contributed by atoms with Crippen molar-refractivity contribution in [3.05, 3.63) is 95.3 Å². The number of benzene rings is 3. The number of Topliss-reactive ketones (excluding diaryl/α,β-unsaturated/α-hetero) is 1. The second kappa shape index (κ2) is 12.3. The van der Waals surface area contributed by atoms with E-state index in [1.54, 1.807) is 36.4 Å². The summed E-state index contributed by atoms with van der Waals surface area (Å²) in [6, 6.07) is 19.1. The highest BCUT2D eigenvalue weighted by molar-refractivity contribution is 6.22. The Kier molecular flexibility index (Phi) is 8.27. The molecule has 224 valence electrons. The zero-order valence-corrected chi connectivity index (χ0v) is 24.9. The normalized spacial score (nSPS) is 18.8. The highest BCUT2D eigenvalue weighted by Gasteiger charge is 2.48. The maximum atomic E-state index is 13.7. The minimum Gasteiger partial charge on any atom is -0.450 e. The number of amides is 2. The minimum absolute atomic E-state index is 0.0716. The molecule has 1 aliphatic carbocycles. The SMILES string of the molecule is Cc1cccc2c(C(=O)OC(CCCl)C(=O)c3ccc(F)cc3)cc(-c3ccc(N4C(=O)C5CCCCC5C4=O)cc3)nc12. The van der Waals surface area contributed by atoms with Crippen molar-refractivity contribution >= 4 is 51.8 Å². The number of nitrogens with zero attached hydrogens (tertiary/aromatic N) is 2. The second-order valence-corrected chi connectivity index (χ2v) is 11.7. The fraction of sp³-hybridized carbons (Fsp3) is 0.286. The van der Waals surface area contributed by atoms with Gasteiger partial charge in [0, 0.05) is 28.8 Å². The van der Waals surface area contributed by atoms with Crippen molar-refractivity contribution < 1.29 is 28.3 Å².